The van der Waals surface area contributed by atoms with Gasteiger partial charge in [0.2, 0.25) is 0 Å². The maximum absolute atomic E-state index is 7.08. The maximum atomic E-state index is 7.08. The molecule has 11 aromatic rings. The molecule has 79 heavy (non-hydrogen) atoms. The van der Waals surface area contributed by atoms with Crippen molar-refractivity contribution in [1.82, 2.24) is 4.57 Å². The van der Waals surface area contributed by atoms with Crippen molar-refractivity contribution in [1.29, 1.82) is 0 Å². The first kappa shape index (κ1) is 44.5. The maximum Gasteiger partial charge on any atom is 0.333 e. The van der Waals surface area contributed by atoms with Crippen LogP contribution >= 0.6 is 0 Å². The van der Waals surface area contributed by atoms with Gasteiger partial charge < -0.3 is 13.8 Å². The van der Waals surface area contributed by atoms with Gasteiger partial charge in [-0.15, -0.1) is 0 Å². The van der Waals surface area contributed by atoms with E-state index in [9.17, 15) is 0 Å². The Morgan fingerprint density at radius 2 is 1.19 bits per heavy atom. The lowest BCUT2D eigenvalue weighted by Gasteiger charge is -2.57. The van der Waals surface area contributed by atoms with Crippen molar-refractivity contribution in [2.75, 3.05) is 4.81 Å². The first-order valence-corrected chi connectivity index (χ1v) is 30.5. The molecule has 0 spiro atoms. The van der Waals surface area contributed by atoms with Crippen molar-refractivity contribution in [2.45, 2.75) is 114 Å². The van der Waals surface area contributed by atoms with Gasteiger partial charge in [-0.2, -0.15) is 0 Å². The Morgan fingerprint density at radius 3 is 1.95 bits per heavy atom. The van der Waals surface area contributed by atoms with Crippen LogP contribution in [0.25, 0.3) is 93.6 Å². The van der Waals surface area contributed by atoms with Crippen molar-refractivity contribution < 1.29 is 4.42 Å². The molecule has 2 atom stereocenters. The number of benzene rings is 9. The van der Waals surface area contributed by atoms with Gasteiger partial charge in [0.1, 0.15) is 11.2 Å². The number of hydrogen-bond acceptors (Lipinski definition) is 2. The number of nitrogens with zero attached hydrogens (tertiary/aromatic N) is 2. The number of rotatable bonds is 5. The Balaban J connectivity index is 0.962. The minimum atomic E-state index is -0.249. The van der Waals surface area contributed by atoms with Crippen molar-refractivity contribution in [3.8, 4) is 39.1 Å². The predicted molar refractivity (Wildman–Crippen MR) is 329 cm³/mol. The molecule has 0 N–H and O–H groups in total. The van der Waals surface area contributed by atoms with Crippen LogP contribution in [0.1, 0.15) is 120 Å². The molecule has 2 unspecified atom stereocenters. The Morgan fingerprint density at radius 1 is 0.532 bits per heavy atom. The number of fused-ring (bicyclic) bond motifs is 17. The Labute approximate surface area is 463 Å². The third-order valence-electron chi connectivity index (χ3n) is 23.0. The highest BCUT2D eigenvalue weighted by atomic mass is 16.3. The van der Waals surface area contributed by atoms with Gasteiger partial charge >= 0.3 is 6.85 Å². The van der Waals surface area contributed by atoms with Crippen LogP contribution in [-0.2, 0) is 16.2 Å². The van der Waals surface area contributed by atoms with E-state index in [1.54, 1.807) is 11.1 Å². The zero-order valence-electron chi connectivity index (χ0n) is 45.8. The minimum Gasteiger partial charge on any atom is -0.456 e. The van der Waals surface area contributed by atoms with Gasteiger partial charge in [-0.3, -0.25) is 0 Å². The summed E-state index contributed by atoms with van der Waals surface area (Å²) in [6.07, 6.45) is 16.5. The average Bonchev–Trinajstić information content (AvgIpc) is 2.96. The molecule has 3 nitrogen and oxygen atoms in total. The standard InChI is InChI=1S/C75H65BN2O/c1-4-74(38-43-18-19-44(26-43)39-74)52-22-25-65-56(32-52)62-33-53(75-40-45-27-46(41-75)29-47(28-45)42-75)34-64-71(62)77(65)72-69-60(55-16-10-11-17-63(55)73(69,2)3)35-61-57-37-68-59(58-30-50-14-8-9-15-51(50)31-67(58)79-68)36-66(57)78(76(64)70(61)72)54-23-20-49(21-24-54)48-12-6-5-7-13-48/h5-17,20-25,30-37,43-47H,4,18-19,26-29,38-42H2,1-3H3. The third kappa shape index (κ3) is 5.86. The molecular weight excluding hydrogens is 956 g/mol. The first-order chi connectivity index (χ1) is 38.7. The molecule has 384 valence electrons. The van der Waals surface area contributed by atoms with E-state index in [1.807, 2.05) is 0 Å². The molecule has 4 heteroatoms. The van der Waals surface area contributed by atoms with Crippen LogP contribution in [0.2, 0.25) is 0 Å². The molecule has 0 radical (unpaired) electrons. The summed E-state index contributed by atoms with van der Waals surface area (Å²) in [5, 5.41) is 7.75. The zero-order chi connectivity index (χ0) is 51.8. The molecule has 4 heterocycles. The fraction of sp³-hybridized carbons (Fsp3) is 0.307. The Kier molecular flexibility index (Phi) is 8.64. The summed E-state index contributed by atoms with van der Waals surface area (Å²) in [6, 6.07) is 64.6. The van der Waals surface area contributed by atoms with E-state index in [-0.39, 0.29) is 23.1 Å². The number of aromatic nitrogens is 1. The summed E-state index contributed by atoms with van der Waals surface area (Å²) in [4.78, 5) is 2.81. The van der Waals surface area contributed by atoms with E-state index in [0.717, 1.165) is 40.8 Å². The van der Waals surface area contributed by atoms with Gasteiger partial charge in [-0.1, -0.05) is 137 Å². The second-order valence-electron chi connectivity index (χ2n) is 27.4. The minimum absolute atomic E-state index is 0.0927. The summed E-state index contributed by atoms with van der Waals surface area (Å²) >= 11 is 0. The molecule has 6 fully saturated rings. The van der Waals surface area contributed by atoms with Gasteiger partial charge in [-0.25, -0.2) is 0 Å². The molecule has 2 aliphatic heterocycles. The molecule has 2 aromatic heterocycles. The lowest BCUT2D eigenvalue weighted by atomic mass is 9.42. The average molecular weight is 1020 g/mol. The summed E-state index contributed by atoms with van der Waals surface area (Å²) in [5.74, 6) is 4.27. The van der Waals surface area contributed by atoms with E-state index in [2.05, 4.69) is 194 Å². The highest BCUT2D eigenvalue weighted by molar-refractivity contribution is 6.93. The topological polar surface area (TPSA) is 21.3 Å². The fourth-order valence-electron chi connectivity index (χ4n) is 20.1. The second-order valence-corrected chi connectivity index (χ2v) is 27.4. The number of anilines is 2. The van der Waals surface area contributed by atoms with Crippen LogP contribution < -0.4 is 15.7 Å². The Hall–Kier alpha value is -7.30. The molecule has 7 aliphatic carbocycles. The van der Waals surface area contributed by atoms with Gasteiger partial charge in [0, 0.05) is 49.6 Å². The first-order valence-electron chi connectivity index (χ1n) is 30.5. The van der Waals surface area contributed by atoms with E-state index in [1.165, 1.54) is 193 Å². The Bertz CT molecular complexity index is 4450. The second kappa shape index (κ2) is 15.3. The van der Waals surface area contributed by atoms with Gasteiger partial charge in [0.05, 0.1) is 11.0 Å². The van der Waals surface area contributed by atoms with Crippen LogP contribution in [0, 0.1) is 29.6 Å². The third-order valence-corrected chi connectivity index (χ3v) is 23.0. The lowest BCUT2D eigenvalue weighted by Crippen LogP contribution is -2.61. The van der Waals surface area contributed by atoms with E-state index >= 15 is 0 Å². The largest absolute Gasteiger partial charge is 0.456 e. The van der Waals surface area contributed by atoms with Crippen LogP contribution in [-0.4, -0.2) is 11.4 Å². The lowest BCUT2D eigenvalue weighted by molar-refractivity contribution is -0.00509. The van der Waals surface area contributed by atoms with Crippen molar-refractivity contribution in [2.24, 2.45) is 29.6 Å². The van der Waals surface area contributed by atoms with Crippen LogP contribution in [0.15, 0.2) is 168 Å². The van der Waals surface area contributed by atoms with Gasteiger partial charge in [-0.05, 0) is 237 Å². The summed E-state index contributed by atoms with van der Waals surface area (Å²) in [5.41, 5.74) is 25.6. The summed E-state index contributed by atoms with van der Waals surface area (Å²) in [6.45, 7) is 7.45. The van der Waals surface area contributed by atoms with Crippen LogP contribution in [0.4, 0.5) is 11.4 Å². The molecule has 6 bridgehead atoms. The molecule has 9 aromatic carbocycles. The number of furan rings is 1. The van der Waals surface area contributed by atoms with Crippen molar-refractivity contribution >= 4 is 83.7 Å². The van der Waals surface area contributed by atoms with Gasteiger partial charge in [0.15, 0.2) is 0 Å². The monoisotopic (exact) mass is 1020 g/mol. The SMILES string of the molecule is CCC1(c2ccc3c(c2)c2cc(C45CC6CC(CC(C6)C4)C5)cc4c2n3-c2c3c(cc5c2C(C)(C)c2ccccc2-5)-c2cc5oc6cc7ccccc7cc6c5cc2N(c2ccc(-c5ccccc5)cc2)B34)CC2CCC(C2)C1. The van der Waals surface area contributed by atoms with E-state index in [0.29, 0.717) is 0 Å². The quantitative estimate of drug-likeness (QED) is 0.160. The molecule has 0 amide bonds. The number of hydrogen-bond donors (Lipinski definition) is 0. The normalized spacial score (nSPS) is 26.2. The van der Waals surface area contributed by atoms with Gasteiger partial charge in [0.25, 0.3) is 0 Å². The van der Waals surface area contributed by atoms with Crippen LogP contribution in [0.5, 0.6) is 0 Å². The predicted octanol–water partition coefficient (Wildman–Crippen LogP) is 18.4. The van der Waals surface area contributed by atoms with Crippen molar-refractivity contribution in [3.05, 3.63) is 186 Å². The summed E-state index contributed by atoms with van der Waals surface area (Å²) < 4.78 is 9.93. The summed E-state index contributed by atoms with van der Waals surface area (Å²) in [7, 11) is 0. The molecule has 9 aliphatic rings. The fourth-order valence-corrected chi connectivity index (χ4v) is 20.1. The molecule has 6 saturated carbocycles. The van der Waals surface area contributed by atoms with E-state index in [4.69, 9.17) is 4.42 Å². The molecule has 20 rings (SSSR count). The highest BCUT2D eigenvalue weighted by Crippen LogP contribution is 2.63. The molecular formula is C75H65BN2O. The zero-order valence-corrected chi connectivity index (χ0v) is 45.8. The van der Waals surface area contributed by atoms with E-state index < -0.39 is 0 Å². The van der Waals surface area contributed by atoms with Crippen LogP contribution in [0.3, 0.4) is 0 Å². The highest BCUT2D eigenvalue weighted by Gasteiger charge is 2.54. The smallest absolute Gasteiger partial charge is 0.333 e. The molecule has 0 saturated heterocycles. The van der Waals surface area contributed by atoms with Crippen molar-refractivity contribution in [3.63, 3.8) is 0 Å².